The van der Waals surface area contributed by atoms with Crippen LogP contribution < -0.4 is 5.73 Å². The Morgan fingerprint density at radius 2 is 1.90 bits per heavy atom. The van der Waals surface area contributed by atoms with Gasteiger partial charge >= 0.3 is 0 Å². The maximum atomic E-state index is 12.3. The summed E-state index contributed by atoms with van der Waals surface area (Å²) >= 11 is 0. The van der Waals surface area contributed by atoms with Crippen LogP contribution in [0.1, 0.15) is 30.0 Å². The smallest absolute Gasteiger partial charge is 0.289 e. The Hall–Kier alpha value is -2.07. The van der Waals surface area contributed by atoms with Crippen molar-refractivity contribution >= 4 is 5.91 Å². The molecular weight excluding hydrogens is 264 g/mol. The van der Waals surface area contributed by atoms with Crippen molar-refractivity contribution in [2.24, 2.45) is 5.73 Å². The Bertz CT molecular complexity index is 602. The maximum Gasteiger partial charge on any atom is 0.289 e. The van der Waals surface area contributed by atoms with Gasteiger partial charge < -0.3 is 15.1 Å². The molecule has 4 nitrogen and oxygen atoms in total. The standard InChI is InChI=1S/C17H22N2O2/c1-4-13-5-7-14(8-6-13)15-9-10-16(21-15)17(20)19(3)12(2)11-18/h5-10,12H,4,11,18H2,1-3H3. The number of carbonyl (C=O) groups is 1. The molecular formula is C17H22N2O2. The van der Waals surface area contributed by atoms with Crippen molar-refractivity contribution in [3.63, 3.8) is 0 Å². The topological polar surface area (TPSA) is 59.5 Å². The molecule has 1 aromatic heterocycles. The second-order valence-corrected chi connectivity index (χ2v) is 5.22. The van der Waals surface area contributed by atoms with Gasteiger partial charge in [-0.3, -0.25) is 4.79 Å². The van der Waals surface area contributed by atoms with E-state index < -0.39 is 0 Å². The van der Waals surface area contributed by atoms with E-state index in [1.54, 1.807) is 18.0 Å². The molecule has 0 fully saturated rings. The summed E-state index contributed by atoms with van der Waals surface area (Å²) in [5, 5.41) is 0. The number of furan rings is 1. The van der Waals surface area contributed by atoms with E-state index in [1.165, 1.54) is 5.56 Å². The molecule has 0 spiro atoms. The Labute approximate surface area is 125 Å². The van der Waals surface area contributed by atoms with Crippen LogP contribution in [0.4, 0.5) is 0 Å². The van der Waals surface area contributed by atoms with Crippen LogP contribution in [0, 0.1) is 0 Å². The second kappa shape index (κ2) is 6.59. The molecule has 0 aliphatic rings. The summed E-state index contributed by atoms with van der Waals surface area (Å²) in [7, 11) is 1.73. The first kappa shape index (κ1) is 15.3. The third-order valence-electron chi connectivity index (χ3n) is 3.79. The normalized spacial score (nSPS) is 12.2. The average Bonchev–Trinajstić information content (AvgIpc) is 3.02. The number of benzene rings is 1. The van der Waals surface area contributed by atoms with E-state index >= 15 is 0 Å². The highest BCUT2D eigenvalue weighted by Gasteiger charge is 2.19. The lowest BCUT2D eigenvalue weighted by Gasteiger charge is -2.22. The number of aryl methyl sites for hydroxylation is 1. The van der Waals surface area contributed by atoms with Crippen molar-refractivity contribution in [1.82, 2.24) is 4.90 Å². The molecule has 4 heteroatoms. The molecule has 0 aliphatic carbocycles. The van der Waals surface area contributed by atoms with Gasteiger partial charge in [0, 0.05) is 25.2 Å². The van der Waals surface area contributed by atoms with Crippen molar-refractivity contribution < 1.29 is 9.21 Å². The van der Waals surface area contributed by atoms with E-state index in [2.05, 4.69) is 19.1 Å². The molecule has 0 saturated carbocycles. The Morgan fingerprint density at radius 3 is 2.48 bits per heavy atom. The summed E-state index contributed by atoms with van der Waals surface area (Å²) in [6, 6.07) is 11.7. The van der Waals surface area contributed by atoms with E-state index in [1.807, 2.05) is 25.1 Å². The van der Waals surface area contributed by atoms with Gasteiger partial charge in [-0.1, -0.05) is 31.2 Å². The molecule has 0 bridgehead atoms. The van der Waals surface area contributed by atoms with Gasteiger partial charge in [-0.2, -0.15) is 0 Å². The van der Waals surface area contributed by atoms with Crippen LogP contribution in [0.5, 0.6) is 0 Å². The first-order chi connectivity index (χ1) is 10.1. The zero-order valence-electron chi connectivity index (χ0n) is 12.8. The molecule has 2 rings (SSSR count). The number of amides is 1. The molecule has 0 radical (unpaired) electrons. The average molecular weight is 286 g/mol. The third kappa shape index (κ3) is 3.34. The Kier molecular flexibility index (Phi) is 4.81. The van der Waals surface area contributed by atoms with E-state index in [0.717, 1.165) is 12.0 Å². The largest absolute Gasteiger partial charge is 0.451 e. The Morgan fingerprint density at radius 1 is 1.24 bits per heavy atom. The molecule has 21 heavy (non-hydrogen) atoms. The number of hydrogen-bond acceptors (Lipinski definition) is 3. The first-order valence-corrected chi connectivity index (χ1v) is 7.23. The number of likely N-dealkylation sites (N-methyl/N-ethyl adjacent to an activating group) is 1. The number of carbonyl (C=O) groups excluding carboxylic acids is 1. The van der Waals surface area contributed by atoms with Crippen molar-refractivity contribution in [3.05, 3.63) is 47.7 Å². The van der Waals surface area contributed by atoms with E-state index in [-0.39, 0.29) is 11.9 Å². The zero-order valence-corrected chi connectivity index (χ0v) is 12.8. The van der Waals surface area contributed by atoms with Gasteiger partial charge in [-0.25, -0.2) is 0 Å². The summed E-state index contributed by atoms with van der Waals surface area (Å²) < 4.78 is 5.69. The quantitative estimate of drug-likeness (QED) is 0.919. The predicted molar refractivity (Wildman–Crippen MR) is 84.1 cm³/mol. The lowest BCUT2D eigenvalue weighted by atomic mass is 10.1. The number of nitrogens with two attached hydrogens (primary N) is 1. The molecule has 2 aromatic rings. The monoisotopic (exact) mass is 286 g/mol. The van der Waals surface area contributed by atoms with Crippen molar-refractivity contribution in [2.45, 2.75) is 26.3 Å². The highest BCUT2D eigenvalue weighted by Crippen LogP contribution is 2.23. The summed E-state index contributed by atoms with van der Waals surface area (Å²) in [4.78, 5) is 13.9. The second-order valence-electron chi connectivity index (χ2n) is 5.22. The molecule has 1 amide bonds. The molecule has 0 aliphatic heterocycles. The lowest BCUT2D eigenvalue weighted by Crippen LogP contribution is -2.39. The fraction of sp³-hybridized carbons (Fsp3) is 0.353. The molecule has 1 heterocycles. The molecule has 0 saturated heterocycles. The van der Waals surface area contributed by atoms with Crippen LogP contribution in [0.2, 0.25) is 0 Å². The van der Waals surface area contributed by atoms with Gasteiger partial charge in [0.2, 0.25) is 0 Å². The summed E-state index contributed by atoms with van der Waals surface area (Å²) in [6.07, 6.45) is 1.00. The lowest BCUT2D eigenvalue weighted by molar-refractivity contribution is 0.0717. The van der Waals surface area contributed by atoms with Crippen LogP contribution in [0.15, 0.2) is 40.8 Å². The third-order valence-corrected chi connectivity index (χ3v) is 3.79. The molecule has 112 valence electrons. The van der Waals surface area contributed by atoms with Crippen LogP contribution in [0.25, 0.3) is 11.3 Å². The van der Waals surface area contributed by atoms with Crippen LogP contribution in [-0.2, 0) is 6.42 Å². The van der Waals surface area contributed by atoms with Gasteiger partial charge in [0.05, 0.1) is 0 Å². The summed E-state index contributed by atoms with van der Waals surface area (Å²) in [5.74, 6) is 0.895. The zero-order chi connectivity index (χ0) is 15.4. The van der Waals surface area contributed by atoms with E-state index in [4.69, 9.17) is 10.2 Å². The maximum absolute atomic E-state index is 12.3. The van der Waals surface area contributed by atoms with Crippen LogP contribution >= 0.6 is 0 Å². The highest BCUT2D eigenvalue weighted by atomic mass is 16.4. The van der Waals surface area contributed by atoms with Crippen molar-refractivity contribution in [3.8, 4) is 11.3 Å². The van der Waals surface area contributed by atoms with E-state index in [9.17, 15) is 4.79 Å². The summed E-state index contributed by atoms with van der Waals surface area (Å²) in [5.41, 5.74) is 7.84. The SMILES string of the molecule is CCc1ccc(-c2ccc(C(=O)N(C)C(C)CN)o2)cc1. The molecule has 2 N–H and O–H groups in total. The minimum Gasteiger partial charge on any atom is -0.451 e. The minimum atomic E-state index is -0.149. The predicted octanol–water partition coefficient (Wildman–Crippen LogP) is 2.93. The molecule has 1 aromatic carbocycles. The number of nitrogens with zero attached hydrogens (tertiary/aromatic N) is 1. The molecule has 1 unspecified atom stereocenters. The van der Waals surface area contributed by atoms with Gasteiger partial charge in [0.15, 0.2) is 5.76 Å². The van der Waals surface area contributed by atoms with Gasteiger partial charge in [0.25, 0.3) is 5.91 Å². The van der Waals surface area contributed by atoms with Crippen LogP contribution in [0.3, 0.4) is 0 Å². The van der Waals surface area contributed by atoms with Gasteiger partial charge in [-0.05, 0) is 31.0 Å². The number of hydrogen-bond donors (Lipinski definition) is 1. The minimum absolute atomic E-state index is 0.0186. The summed E-state index contributed by atoms with van der Waals surface area (Å²) in [6.45, 7) is 4.45. The van der Waals surface area contributed by atoms with Crippen LogP contribution in [-0.4, -0.2) is 30.4 Å². The van der Waals surface area contributed by atoms with Gasteiger partial charge in [0.1, 0.15) is 5.76 Å². The highest BCUT2D eigenvalue weighted by molar-refractivity contribution is 5.92. The fourth-order valence-electron chi connectivity index (χ4n) is 2.04. The Balaban J connectivity index is 2.19. The first-order valence-electron chi connectivity index (χ1n) is 7.23. The van der Waals surface area contributed by atoms with Gasteiger partial charge in [-0.15, -0.1) is 0 Å². The van der Waals surface area contributed by atoms with Crippen molar-refractivity contribution in [2.75, 3.05) is 13.6 Å². The molecule has 1 atom stereocenters. The fourth-order valence-corrected chi connectivity index (χ4v) is 2.04. The van der Waals surface area contributed by atoms with E-state index in [0.29, 0.717) is 18.1 Å². The number of rotatable bonds is 5. The van der Waals surface area contributed by atoms with Crippen molar-refractivity contribution in [1.29, 1.82) is 0 Å².